The van der Waals surface area contributed by atoms with E-state index in [0.717, 1.165) is 25.2 Å². The average molecular weight is 356 g/mol. The van der Waals surface area contributed by atoms with E-state index in [0.29, 0.717) is 29.9 Å². The molecule has 0 atom stereocenters. The molecule has 26 heavy (non-hydrogen) atoms. The lowest BCUT2D eigenvalue weighted by Crippen LogP contribution is -2.37. The van der Waals surface area contributed by atoms with E-state index in [1.54, 1.807) is 19.4 Å². The summed E-state index contributed by atoms with van der Waals surface area (Å²) in [4.78, 5) is 8.61. The molecule has 3 rings (SSSR count). The number of H-pyrrole nitrogens is 1. The summed E-state index contributed by atoms with van der Waals surface area (Å²) in [6, 6.07) is 5.72. The van der Waals surface area contributed by atoms with Crippen molar-refractivity contribution in [1.82, 2.24) is 35.6 Å². The Morgan fingerprint density at radius 1 is 1.35 bits per heavy atom. The third-order valence-corrected chi connectivity index (χ3v) is 3.86. The lowest BCUT2D eigenvalue weighted by molar-refractivity contribution is 0.555. The molecule has 0 aliphatic heterocycles. The molecule has 0 saturated heterocycles. The number of hydrogen-bond acceptors (Lipinski definition) is 5. The largest absolute Gasteiger partial charge is 0.461 e. The van der Waals surface area contributed by atoms with E-state index in [9.17, 15) is 0 Å². The summed E-state index contributed by atoms with van der Waals surface area (Å²) < 4.78 is 7.31. The smallest absolute Gasteiger partial charge is 0.216 e. The number of aliphatic imine (C=N–C) groups is 1. The Hall–Kier alpha value is -3.10. The number of hydrogen-bond donors (Lipinski definition) is 3. The van der Waals surface area contributed by atoms with Gasteiger partial charge in [0.2, 0.25) is 5.82 Å². The Bertz CT molecular complexity index is 846. The zero-order valence-electron chi connectivity index (χ0n) is 15.3. The van der Waals surface area contributed by atoms with Crippen LogP contribution in [-0.2, 0) is 13.1 Å². The molecule has 0 radical (unpaired) electrons. The molecule has 0 aliphatic rings. The van der Waals surface area contributed by atoms with Crippen LogP contribution in [0, 0.1) is 13.8 Å². The van der Waals surface area contributed by atoms with Crippen molar-refractivity contribution in [2.45, 2.75) is 33.4 Å². The highest BCUT2D eigenvalue weighted by Crippen LogP contribution is 2.14. The fourth-order valence-corrected chi connectivity index (χ4v) is 2.62. The maximum atomic E-state index is 5.28. The summed E-state index contributed by atoms with van der Waals surface area (Å²) in [5.41, 5.74) is 2.23. The highest BCUT2D eigenvalue weighted by molar-refractivity contribution is 5.79. The summed E-state index contributed by atoms with van der Waals surface area (Å²) >= 11 is 0. The molecule has 0 unspecified atom stereocenters. The molecule has 3 aromatic rings. The third kappa shape index (κ3) is 4.50. The Labute approximate surface area is 151 Å². The standard InChI is InChI=1S/C17H24N8O/c1-12-10-13(2)25(24-12)8-5-7-19-17(18-3)20-11-15-21-16(23-22-15)14-6-4-9-26-14/h4,6,9-10H,5,7-8,11H2,1-3H3,(H2,18,19,20)(H,21,22,23). The number of aromatic nitrogens is 5. The van der Waals surface area contributed by atoms with Gasteiger partial charge in [-0.05, 0) is 38.5 Å². The van der Waals surface area contributed by atoms with Gasteiger partial charge < -0.3 is 15.1 Å². The maximum Gasteiger partial charge on any atom is 0.216 e. The fraction of sp³-hybridized carbons (Fsp3) is 0.412. The first kappa shape index (κ1) is 17.7. The molecule has 0 bridgehead atoms. The lowest BCUT2D eigenvalue weighted by Gasteiger charge is -2.11. The van der Waals surface area contributed by atoms with Gasteiger partial charge in [-0.25, -0.2) is 4.98 Å². The van der Waals surface area contributed by atoms with Crippen molar-refractivity contribution in [2.75, 3.05) is 13.6 Å². The van der Waals surface area contributed by atoms with Crippen LogP contribution in [0.15, 0.2) is 33.9 Å². The number of guanidine groups is 1. The Balaban J connectivity index is 1.41. The van der Waals surface area contributed by atoms with Gasteiger partial charge in [-0.3, -0.25) is 14.8 Å². The normalized spacial score (nSPS) is 11.7. The molecule has 3 aromatic heterocycles. The van der Waals surface area contributed by atoms with Crippen LogP contribution >= 0.6 is 0 Å². The summed E-state index contributed by atoms with van der Waals surface area (Å²) in [7, 11) is 1.74. The second kappa shape index (κ2) is 8.32. The van der Waals surface area contributed by atoms with Gasteiger partial charge in [0.05, 0.1) is 18.5 Å². The molecule has 9 nitrogen and oxygen atoms in total. The topological polar surface area (TPSA) is 109 Å². The molecule has 3 heterocycles. The number of aryl methyl sites for hydroxylation is 3. The van der Waals surface area contributed by atoms with Crippen molar-refractivity contribution in [3.63, 3.8) is 0 Å². The molecule has 0 amide bonds. The first-order valence-electron chi connectivity index (χ1n) is 8.56. The first-order valence-corrected chi connectivity index (χ1v) is 8.56. The van der Waals surface area contributed by atoms with Crippen molar-refractivity contribution in [3.05, 3.63) is 41.7 Å². The van der Waals surface area contributed by atoms with Gasteiger partial charge in [-0.15, -0.1) is 5.10 Å². The minimum atomic E-state index is 0.491. The van der Waals surface area contributed by atoms with Crippen LogP contribution in [-0.4, -0.2) is 44.5 Å². The number of rotatable bonds is 7. The van der Waals surface area contributed by atoms with Crippen LogP contribution in [0.4, 0.5) is 0 Å². The van der Waals surface area contributed by atoms with E-state index in [4.69, 9.17) is 4.42 Å². The molecule has 3 N–H and O–H groups in total. The molecule has 138 valence electrons. The molecule has 0 spiro atoms. The minimum absolute atomic E-state index is 0.491. The summed E-state index contributed by atoms with van der Waals surface area (Å²) in [6.07, 6.45) is 2.55. The van der Waals surface area contributed by atoms with Crippen LogP contribution in [0.25, 0.3) is 11.6 Å². The number of nitrogens with zero attached hydrogens (tertiary/aromatic N) is 5. The summed E-state index contributed by atoms with van der Waals surface area (Å²) in [5, 5.41) is 18.0. The Kier molecular flexibility index (Phi) is 5.67. The van der Waals surface area contributed by atoms with Gasteiger partial charge in [0.1, 0.15) is 5.82 Å². The zero-order chi connectivity index (χ0) is 18.4. The SMILES string of the molecule is CN=C(NCCCn1nc(C)cc1C)NCc1nc(-c2ccco2)n[nH]1. The van der Waals surface area contributed by atoms with Gasteiger partial charge in [0, 0.05) is 25.8 Å². The average Bonchev–Trinajstić information content (AvgIpc) is 3.35. The van der Waals surface area contributed by atoms with E-state index in [-0.39, 0.29) is 0 Å². The summed E-state index contributed by atoms with van der Waals surface area (Å²) in [5.74, 6) is 2.61. The van der Waals surface area contributed by atoms with E-state index in [1.165, 1.54) is 5.69 Å². The quantitative estimate of drug-likeness (QED) is 0.337. The molecule has 0 aromatic carbocycles. The van der Waals surface area contributed by atoms with E-state index in [1.807, 2.05) is 17.7 Å². The van der Waals surface area contributed by atoms with Gasteiger partial charge in [0.15, 0.2) is 11.7 Å². The maximum absolute atomic E-state index is 5.28. The number of nitrogens with one attached hydrogen (secondary N) is 3. The van der Waals surface area contributed by atoms with Crippen LogP contribution in [0.2, 0.25) is 0 Å². The van der Waals surface area contributed by atoms with Crippen LogP contribution in [0.3, 0.4) is 0 Å². The van der Waals surface area contributed by atoms with E-state index < -0.39 is 0 Å². The third-order valence-electron chi connectivity index (χ3n) is 3.86. The lowest BCUT2D eigenvalue weighted by atomic mass is 10.4. The predicted octanol–water partition coefficient (Wildman–Crippen LogP) is 1.63. The second-order valence-corrected chi connectivity index (χ2v) is 5.94. The van der Waals surface area contributed by atoms with Gasteiger partial charge in [0.25, 0.3) is 0 Å². The second-order valence-electron chi connectivity index (χ2n) is 5.94. The molecular formula is C17H24N8O. The monoisotopic (exact) mass is 356 g/mol. The van der Waals surface area contributed by atoms with E-state index >= 15 is 0 Å². The van der Waals surface area contributed by atoms with Crippen LogP contribution in [0.1, 0.15) is 23.6 Å². The highest BCUT2D eigenvalue weighted by Gasteiger charge is 2.08. The molecule has 0 aliphatic carbocycles. The number of aromatic amines is 1. The molecule has 0 fully saturated rings. The molecule has 9 heteroatoms. The van der Waals surface area contributed by atoms with E-state index in [2.05, 4.69) is 48.9 Å². The van der Waals surface area contributed by atoms with Crippen molar-refractivity contribution in [2.24, 2.45) is 4.99 Å². The van der Waals surface area contributed by atoms with Crippen LogP contribution in [0.5, 0.6) is 0 Å². The highest BCUT2D eigenvalue weighted by atomic mass is 16.3. The summed E-state index contributed by atoms with van der Waals surface area (Å²) in [6.45, 7) is 6.24. The Morgan fingerprint density at radius 3 is 2.92 bits per heavy atom. The zero-order valence-corrected chi connectivity index (χ0v) is 15.3. The van der Waals surface area contributed by atoms with Crippen molar-refractivity contribution in [1.29, 1.82) is 0 Å². The Morgan fingerprint density at radius 2 is 2.23 bits per heavy atom. The molecule has 0 saturated carbocycles. The van der Waals surface area contributed by atoms with Crippen molar-refractivity contribution in [3.8, 4) is 11.6 Å². The fourth-order valence-electron chi connectivity index (χ4n) is 2.62. The van der Waals surface area contributed by atoms with Crippen molar-refractivity contribution < 1.29 is 4.42 Å². The number of furan rings is 1. The van der Waals surface area contributed by atoms with Gasteiger partial charge in [-0.1, -0.05) is 0 Å². The first-order chi connectivity index (χ1) is 12.7. The van der Waals surface area contributed by atoms with Crippen LogP contribution < -0.4 is 10.6 Å². The minimum Gasteiger partial charge on any atom is -0.461 e. The predicted molar refractivity (Wildman–Crippen MR) is 98.6 cm³/mol. The van der Waals surface area contributed by atoms with Crippen molar-refractivity contribution >= 4 is 5.96 Å². The molecular weight excluding hydrogens is 332 g/mol. The van der Waals surface area contributed by atoms with Gasteiger partial charge in [-0.2, -0.15) is 5.10 Å². The van der Waals surface area contributed by atoms with Gasteiger partial charge >= 0.3 is 0 Å².